The van der Waals surface area contributed by atoms with Crippen molar-refractivity contribution in [1.29, 1.82) is 0 Å². The van der Waals surface area contributed by atoms with Crippen molar-refractivity contribution in [3.8, 4) is 0 Å². The van der Waals surface area contributed by atoms with Gasteiger partial charge in [-0.2, -0.15) is 4.31 Å². The van der Waals surface area contributed by atoms with Crippen LogP contribution in [0.2, 0.25) is 10.0 Å². The number of nitrogens with two attached hydrogens (primary N) is 1. The van der Waals surface area contributed by atoms with Crippen molar-refractivity contribution in [3.05, 3.63) is 22.2 Å². The molecule has 0 heterocycles. The highest BCUT2D eigenvalue weighted by Gasteiger charge is 2.28. The minimum absolute atomic E-state index is 0.0858. The Morgan fingerprint density at radius 1 is 1.33 bits per heavy atom. The van der Waals surface area contributed by atoms with Gasteiger partial charge in [-0.05, 0) is 26.0 Å². The molecule has 118 valence electrons. The average Bonchev–Trinajstić information content (AvgIpc) is 2.24. The number of nitrogens with zero attached hydrogens (tertiary/aromatic N) is 1. The third kappa shape index (κ3) is 4.47. The molecule has 0 bridgehead atoms. The highest BCUT2D eigenvalue weighted by Crippen LogP contribution is 2.33. The number of carbonyl (C=O) groups excluding carboxylic acids is 1. The second-order valence-electron chi connectivity index (χ2n) is 4.80. The number of anilines is 1. The molecule has 1 aromatic rings. The van der Waals surface area contributed by atoms with Crippen LogP contribution in [-0.2, 0) is 14.8 Å². The average molecular weight is 354 g/mol. The standard InChI is InChI=1S/C12H17Cl2N3O3S/c1-7(2)16-11(18)6-17(3)21(19,20)12-9(13)4-8(15)5-10(12)14/h4-5,7H,6,15H2,1-3H3,(H,16,18). The first kappa shape index (κ1) is 18.0. The van der Waals surface area contributed by atoms with Gasteiger partial charge in [0, 0.05) is 18.8 Å². The molecule has 9 heteroatoms. The monoisotopic (exact) mass is 353 g/mol. The lowest BCUT2D eigenvalue weighted by Crippen LogP contribution is -2.40. The van der Waals surface area contributed by atoms with Gasteiger partial charge in [-0.3, -0.25) is 4.79 Å². The summed E-state index contributed by atoms with van der Waals surface area (Å²) in [6.07, 6.45) is 0. The third-order valence-electron chi connectivity index (χ3n) is 2.50. The first-order valence-corrected chi connectivity index (χ1v) is 8.25. The van der Waals surface area contributed by atoms with Crippen LogP contribution < -0.4 is 11.1 Å². The van der Waals surface area contributed by atoms with E-state index in [1.807, 2.05) is 0 Å². The van der Waals surface area contributed by atoms with Gasteiger partial charge in [-0.1, -0.05) is 23.2 Å². The van der Waals surface area contributed by atoms with Crippen molar-refractivity contribution in [2.75, 3.05) is 19.3 Å². The van der Waals surface area contributed by atoms with Crippen LogP contribution in [0.4, 0.5) is 5.69 Å². The molecule has 0 aromatic heterocycles. The van der Waals surface area contributed by atoms with Gasteiger partial charge in [0.15, 0.2) is 0 Å². The van der Waals surface area contributed by atoms with Gasteiger partial charge in [-0.15, -0.1) is 0 Å². The molecule has 21 heavy (non-hydrogen) atoms. The normalized spacial score (nSPS) is 12.0. The third-order valence-corrected chi connectivity index (χ3v) is 5.23. The number of nitrogens with one attached hydrogen (secondary N) is 1. The molecule has 1 rings (SSSR count). The predicted molar refractivity (Wildman–Crippen MR) is 84.0 cm³/mol. The summed E-state index contributed by atoms with van der Waals surface area (Å²) in [7, 11) is -2.72. The predicted octanol–water partition coefficient (Wildman–Crippen LogP) is 1.72. The second kappa shape index (κ2) is 6.83. The van der Waals surface area contributed by atoms with E-state index in [1.165, 1.54) is 19.2 Å². The first-order valence-electron chi connectivity index (χ1n) is 6.06. The molecule has 0 saturated carbocycles. The first-order chi connectivity index (χ1) is 9.55. The molecule has 0 fully saturated rings. The van der Waals surface area contributed by atoms with Crippen molar-refractivity contribution in [1.82, 2.24) is 9.62 Å². The van der Waals surface area contributed by atoms with Gasteiger partial charge in [0.25, 0.3) is 0 Å². The topological polar surface area (TPSA) is 92.5 Å². The minimum Gasteiger partial charge on any atom is -0.399 e. The summed E-state index contributed by atoms with van der Waals surface area (Å²) in [5.74, 6) is -0.418. The summed E-state index contributed by atoms with van der Waals surface area (Å²) in [4.78, 5) is 11.4. The van der Waals surface area contributed by atoms with Crippen LogP contribution in [-0.4, -0.2) is 38.3 Å². The molecule has 0 saturated heterocycles. The summed E-state index contributed by atoms with van der Waals surface area (Å²) in [5, 5.41) is 2.43. The van der Waals surface area contributed by atoms with Crippen LogP contribution in [0.5, 0.6) is 0 Å². The minimum atomic E-state index is -3.99. The van der Waals surface area contributed by atoms with Crippen LogP contribution >= 0.6 is 23.2 Å². The van der Waals surface area contributed by atoms with Crippen molar-refractivity contribution in [2.24, 2.45) is 0 Å². The van der Waals surface area contributed by atoms with Crippen molar-refractivity contribution >= 4 is 44.8 Å². The fraction of sp³-hybridized carbons (Fsp3) is 0.417. The van der Waals surface area contributed by atoms with Crippen molar-refractivity contribution in [2.45, 2.75) is 24.8 Å². The number of nitrogen functional groups attached to an aromatic ring is 1. The Bertz CT molecular complexity index is 624. The van der Waals surface area contributed by atoms with E-state index in [4.69, 9.17) is 28.9 Å². The smallest absolute Gasteiger partial charge is 0.246 e. The quantitative estimate of drug-likeness (QED) is 0.788. The Hall–Kier alpha value is -1.02. The van der Waals surface area contributed by atoms with Crippen LogP contribution in [0.1, 0.15) is 13.8 Å². The lowest BCUT2D eigenvalue weighted by molar-refractivity contribution is -0.121. The Kier molecular flexibility index (Phi) is 5.86. The van der Waals surface area contributed by atoms with Crippen LogP contribution in [0.3, 0.4) is 0 Å². The number of carbonyl (C=O) groups is 1. The van der Waals surface area contributed by atoms with E-state index in [9.17, 15) is 13.2 Å². The zero-order valence-electron chi connectivity index (χ0n) is 11.9. The number of sulfonamides is 1. The van der Waals surface area contributed by atoms with Gasteiger partial charge < -0.3 is 11.1 Å². The number of halogens is 2. The largest absolute Gasteiger partial charge is 0.399 e. The molecule has 6 nitrogen and oxygen atoms in total. The Labute approximate surface area is 134 Å². The lowest BCUT2D eigenvalue weighted by atomic mass is 10.3. The molecule has 0 aliphatic rings. The molecule has 0 radical (unpaired) electrons. The van der Waals surface area contributed by atoms with E-state index in [-0.39, 0.29) is 33.2 Å². The number of rotatable bonds is 5. The van der Waals surface area contributed by atoms with Gasteiger partial charge in [-0.25, -0.2) is 8.42 Å². The van der Waals surface area contributed by atoms with E-state index < -0.39 is 15.9 Å². The van der Waals surface area contributed by atoms with Gasteiger partial charge in [0.2, 0.25) is 15.9 Å². The fourth-order valence-corrected chi connectivity index (χ4v) is 3.94. The number of amides is 1. The Morgan fingerprint density at radius 3 is 2.24 bits per heavy atom. The van der Waals surface area contributed by atoms with Crippen LogP contribution in [0.15, 0.2) is 17.0 Å². The molecule has 0 aliphatic heterocycles. The molecule has 0 atom stereocenters. The summed E-state index contributed by atoms with van der Waals surface area (Å²) in [6.45, 7) is 3.22. The SMILES string of the molecule is CC(C)NC(=O)CN(C)S(=O)(=O)c1c(Cl)cc(N)cc1Cl. The van der Waals surface area contributed by atoms with E-state index in [2.05, 4.69) is 5.32 Å². The molecular weight excluding hydrogens is 337 g/mol. The van der Waals surface area contributed by atoms with Gasteiger partial charge in [0.1, 0.15) is 4.90 Å². The highest BCUT2D eigenvalue weighted by molar-refractivity contribution is 7.89. The molecule has 0 spiro atoms. The highest BCUT2D eigenvalue weighted by atomic mass is 35.5. The van der Waals surface area contributed by atoms with Crippen LogP contribution in [0.25, 0.3) is 0 Å². The molecule has 1 aromatic carbocycles. The Morgan fingerprint density at radius 2 is 1.81 bits per heavy atom. The lowest BCUT2D eigenvalue weighted by Gasteiger charge is -2.19. The van der Waals surface area contributed by atoms with E-state index in [0.29, 0.717) is 0 Å². The molecule has 0 unspecified atom stereocenters. The zero-order valence-corrected chi connectivity index (χ0v) is 14.2. The maximum Gasteiger partial charge on any atom is 0.246 e. The zero-order chi connectivity index (χ0) is 16.4. The van der Waals surface area contributed by atoms with E-state index >= 15 is 0 Å². The number of benzene rings is 1. The molecular formula is C12H17Cl2N3O3S. The number of hydrogen-bond acceptors (Lipinski definition) is 4. The van der Waals surface area contributed by atoms with E-state index in [0.717, 1.165) is 4.31 Å². The maximum absolute atomic E-state index is 12.4. The molecule has 0 aliphatic carbocycles. The summed E-state index contributed by atoms with van der Waals surface area (Å²) < 4.78 is 25.8. The van der Waals surface area contributed by atoms with Crippen molar-refractivity contribution < 1.29 is 13.2 Å². The van der Waals surface area contributed by atoms with E-state index in [1.54, 1.807) is 13.8 Å². The summed E-state index contributed by atoms with van der Waals surface area (Å²) in [5.41, 5.74) is 5.80. The summed E-state index contributed by atoms with van der Waals surface area (Å²) in [6, 6.07) is 2.50. The van der Waals surface area contributed by atoms with Crippen molar-refractivity contribution in [3.63, 3.8) is 0 Å². The van der Waals surface area contributed by atoms with Crippen LogP contribution in [0, 0.1) is 0 Å². The van der Waals surface area contributed by atoms with Gasteiger partial charge in [0.05, 0.1) is 16.6 Å². The number of likely N-dealkylation sites (N-methyl/N-ethyl adjacent to an activating group) is 1. The molecule has 3 N–H and O–H groups in total. The fourth-order valence-electron chi connectivity index (χ4n) is 1.64. The Balaban J connectivity index is 3.09. The second-order valence-corrected chi connectivity index (χ2v) is 7.59. The maximum atomic E-state index is 12.4. The van der Waals surface area contributed by atoms with Gasteiger partial charge >= 0.3 is 0 Å². The summed E-state index contributed by atoms with van der Waals surface area (Å²) >= 11 is 11.8. The number of hydrogen-bond donors (Lipinski definition) is 2. The molecule has 1 amide bonds.